The van der Waals surface area contributed by atoms with Crippen LogP contribution in [0.5, 0.6) is 0 Å². The van der Waals surface area contributed by atoms with E-state index in [0.29, 0.717) is 34.6 Å². The minimum atomic E-state index is -0.188. The molecule has 0 aliphatic rings. The lowest BCUT2D eigenvalue weighted by molar-refractivity contribution is 0.382. The summed E-state index contributed by atoms with van der Waals surface area (Å²) in [6, 6.07) is 13.0. The van der Waals surface area contributed by atoms with Crippen molar-refractivity contribution in [3.05, 3.63) is 88.9 Å². The van der Waals surface area contributed by atoms with Gasteiger partial charge in [-0.25, -0.2) is 0 Å². The molecular weight excluding hydrogens is 765 g/mol. The van der Waals surface area contributed by atoms with E-state index in [1.165, 1.54) is 11.1 Å². The Morgan fingerprint density at radius 2 is 0.742 bits per heavy atom. The zero-order chi connectivity index (χ0) is 43.4. The molecule has 0 aliphatic heterocycles. The van der Waals surface area contributed by atoms with Gasteiger partial charge in [0.05, 0.1) is 0 Å². The maximum absolute atomic E-state index is 15.0. The molecule has 6 heteroatoms. The van der Waals surface area contributed by atoms with Gasteiger partial charge in [0.25, 0.3) is 22.2 Å². The normalized spacial score (nSPS) is 13.8. The highest BCUT2D eigenvalue weighted by atomic mass is 16.2. The van der Waals surface area contributed by atoms with Crippen molar-refractivity contribution in [2.24, 2.45) is 11.8 Å². The number of nitrogens with zero attached hydrogens (tertiary/aromatic N) is 2. The summed E-state index contributed by atoms with van der Waals surface area (Å²) in [6.45, 7) is 14.1. The number of pyridine rings is 2. The molecule has 2 heterocycles. The third kappa shape index (κ3) is 6.72. The summed E-state index contributed by atoms with van der Waals surface area (Å²) in [7, 11) is 0. The van der Waals surface area contributed by atoms with E-state index >= 15 is 0 Å². The molecule has 9 aromatic rings. The monoisotopic (exact) mass is 831 g/mol. The average molecular weight is 831 g/mol. The fourth-order valence-electron chi connectivity index (χ4n) is 11.7. The summed E-state index contributed by atoms with van der Waals surface area (Å²) in [5, 5.41) is 14.4. The van der Waals surface area contributed by atoms with Crippen LogP contribution in [0.1, 0.15) is 155 Å². The van der Waals surface area contributed by atoms with Crippen molar-refractivity contribution in [2.75, 3.05) is 0 Å². The maximum Gasteiger partial charge on any atom is 0.261 e. The lowest BCUT2D eigenvalue weighted by Crippen LogP contribution is -2.36. The van der Waals surface area contributed by atoms with Gasteiger partial charge in [0.15, 0.2) is 0 Å². The summed E-state index contributed by atoms with van der Waals surface area (Å²) in [4.78, 5) is 59.8. The van der Waals surface area contributed by atoms with Crippen LogP contribution >= 0.6 is 0 Å². The predicted octanol–water partition coefficient (Wildman–Crippen LogP) is 13.8. The van der Waals surface area contributed by atoms with E-state index in [1.54, 1.807) is 9.13 Å². The number of rotatable bonds is 22. The number of benzene rings is 7. The Kier molecular flexibility index (Phi) is 11.9. The summed E-state index contributed by atoms with van der Waals surface area (Å²) in [5.41, 5.74) is 1.62. The maximum atomic E-state index is 15.0. The molecule has 62 heavy (non-hydrogen) atoms. The van der Waals surface area contributed by atoms with Gasteiger partial charge >= 0.3 is 0 Å². The molecule has 7 aromatic carbocycles. The first-order chi connectivity index (χ1) is 30.2. The van der Waals surface area contributed by atoms with Gasteiger partial charge in [-0.15, -0.1) is 0 Å². The van der Waals surface area contributed by atoms with Gasteiger partial charge < -0.3 is 0 Å². The minimum absolute atomic E-state index is 0.184. The Hall–Kier alpha value is -4.84. The molecule has 6 nitrogen and oxygen atoms in total. The largest absolute Gasteiger partial charge is 0.274 e. The first-order valence-electron chi connectivity index (χ1n) is 24.7. The number of hydrogen-bond donors (Lipinski definition) is 0. The van der Waals surface area contributed by atoms with E-state index in [1.807, 2.05) is 0 Å². The predicted molar refractivity (Wildman–Crippen MR) is 266 cm³/mol. The van der Waals surface area contributed by atoms with E-state index < -0.39 is 0 Å². The quantitative estimate of drug-likeness (QED) is 0.0387. The van der Waals surface area contributed by atoms with Crippen LogP contribution < -0.4 is 22.2 Å². The van der Waals surface area contributed by atoms with E-state index in [2.05, 4.69) is 77.9 Å². The van der Waals surface area contributed by atoms with Crippen molar-refractivity contribution >= 4 is 86.2 Å². The van der Waals surface area contributed by atoms with Crippen molar-refractivity contribution < 1.29 is 0 Å². The van der Waals surface area contributed by atoms with Crippen LogP contribution in [0.4, 0.5) is 0 Å². The molecule has 0 spiro atoms. The second kappa shape index (κ2) is 17.4. The number of aromatic nitrogens is 2. The molecule has 0 saturated heterocycles. The lowest BCUT2D eigenvalue weighted by atomic mass is 9.77. The Labute approximate surface area is 365 Å². The molecule has 324 valence electrons. The molecule has 0 aliphatic carbocycles. The van der Waals surface area contributed by atoms with Crippen LogP contribution in [0.2, 0.25) is 0 Å². The molecule has 0 bridgehead atoms. The highest BCUT2D eigenvalue weighted by Gasteiger charge is 2.30. The molecule has 0 radical (unpaired) electrons. The fourth-order valence-corrected chi connectivity index (χ4v) is 11.7. The van der Waals surface area contributed by atoms with Crippen molar-refractivity contribution in [1.29, 1.82) is 0 Å². The van der Waals surface area contributed by atoms with Crippen LogP contribution in [0, 0.1) is 11.8 Å². The first kappa shape index (κ1) is 42.5. The highest BCUT2D eigenvalue weighted by Crippen LogP contribution is 2.52. The third-order valence-electron chi connectivity index (χ3n) is 15.2. The Morgan fingerprint density at radius 3 is 1.10 bits per heavy atom. The topological polar surface area (TPSA) is 78.1 Å². The zero-order valence-corrected chi connectivity index (χ0v) is 38.3. The van der Waals surface area contributed by atoms with Gasteiger partial charge in [-0.1, -0.05) is 131 Å². The molecule has 2 unspecified atom stereocenters. The molecular formula is C56H66N2O4. The number of unbranched alkanes of at least 4 members (excludes halogenated alkanes) is 8. The van der Waals surface area contributed by atoms with Crippen molar-refractivity contribution in [1.82, 2.24) is 9.13 Å². The van der Waals surface area contributed by atoms with Gasteiger partial charge in [0, 0.05) is 56.2 Å². The standard InChI is InChI=1S/C56H66N2O4/c1-7-13-17-19-23-35-25-37-27-41-48-44(56(62)58(53(41)59)32-34(12-6)22-16-10-4)30-40-36(24-20-18-14-8-2)26-38-28-42-47-43(55(61)57(54(42)60)31-33(11-5)21-15-9-3)29-39(35)49-45(37)52(48)50(40)46(38)51(47)49/h25-30,33-34H,7-24,31-32H2,1-6H3. The van der Waals surface area contributed by atoms with Gasteiger partial charge in [-0.05, 0) is 129 Å². The lowest BCUT2D eigenvalue weighted by Gasteiger charge is -2.26. The average Bonchev–Trinajstić information content (AvgIpc) is 3.28. The van der Waals surface area contributed by atoms with E-state index in [4.69, 9.17) is 0 Å². The van der Waals surface area contributed by atoms with Crippen molar-refractivity contribution in [2.45, 2.75) is 170 Å². The molecule has 2 atom stereocenters. The summed E-state index contributed by atoms with van der Waals surface area (Å²) in [6.07, 6.45) is 18.7. The van der Waals surface area contributed by atoms with E-state index in [-0.39, 0.29) is 34.1 Å². The fraction of sp³-hybridized carbons (Fsp3) is 0.500. The third-order valence-corrected chi connectivity index (χ3v) is 15.2. The highest BCUT2D eigenvalue weighted by molar-refractivity contribution is 6.50. The van der Waals surface area contributed by atoms with Crippen LogP contribution in [0.3, 0.4) is 0 Å². The summed E-state index contributed by atoms with van der Waals surface area (Å²) < 4.78 is 3.14. The van der Waals surface area contributed by atoms with Crippen molar-refractivity contribution in [3.8, 4) is 0 Å². The summed E-state index contributed by atoms with van der Waals surface area (Å²) in [5.74, 6) is 0.500. The van der Waals surface area contributed by atoms with Crippen LogP contribution in [-0.2, 0) is 25.9 Å². The van der Waals surface area contributed by atoms with Crippen LogP contribution in [0.25, 0.3) is 86.2 Å². The Morgan fingerprint density at radius 1 is 0.371 bits per heavy atom. The first-order valence-corrected chi connectivity index (χ1v) is 24.7. The molecule has 9 rings (SSSR count). The Bertz CT molecular complexity index is 3050. The van der Waals surface area contributed by atoms with Crippen LogP contribution in [0.15, 0.2) is 55.6 Å². The van der Waals surface area contributed by atoms with E-state index in [0.717, 1.165) is 180 Å². The molecule has 0 amide bonds. The van der Waals surface area contributed by atoms with Crippen molar-refractivity contribution in [3.63, 3.8) is 0 Å². The second-order valence-corrected chi connectivity index (χ2v) is 19.2. The van der Waals surface area contributed by atoms with Gasteiger partial charge in [-0.2, -0.15) is 0 Å². The van der Waals surface area contributed by atoms with Gasteiger partial charge in [-0.3, -0.25) is 28.3 Å². The molecule has 2 aromatic heterocycles. The molecule has 0 fully saturated rings. The minimum Gasteiger partial charge on any atom is -0.274 e. The van der Waals surface area contributed by atoms with Gasteiger partial charge in [0.2, 0.25) is 0 Å². The number of hydrogen-bond acceptors (Lipinski definition) is 4. The molecule has 0 N–H and O–H groups in total. The van der Waals surface area contributed by atoms with Gasteiger partial charge in [0.1, 0.15) is 0 Å². The summed E-state index contributed by atoms with van der Waals surface area (Å²) >= 11 is 0. The SMILES string of the molecule is CCCCCCc1cc2cc3c(=O)n(CC(CC)CCCC)c(=O)c4cc5c(CCCCCC)cc6cc7c(=O)n(CC(CC)CCCC)c(=O)c8cc1c1c2c(c34)c5c6c1c78. The second-order valence-electron chi connectivity index (χ2n) is 19.2. The zero-order valence-electron chi connectivity index (χ0n) is 38.3. The van der Waals surface area contributed by atoms with E-state index in [9.17, 15) is 19.2 Å². The Balaban J connectivity index is 1.46. The number of aryl methyl sites for hydroxylation is 2. The molecule has 0 saturated carbocycles. The smallest absolute Gasteiger partial charge is 0.261 e. The van der Waals surface area contributed by atoms with Crippen LogP contribution in [-0.4, -0.2) is 9.13 Å².